The predicted molar refractivity (Wildman–Crippen MR) is 103 cm³/mol. The monoisotopic (exact) mass is 386 g/mol. The third-order valence-electron chi connectivity index (χ3n) is 4.79. The van der Waals surface area contributed by atoms with Gasteiger partial charge >= 0.3 is 5.97 Å². The largest absolute Gasteiger partial charge is 0.478 e. The molecule has 0 radical (unpaired) electrons. The average Bonchev–Trinajstić information content (AvgIpc) is 2.99. The molecule has 3 heterocycles. The lowest BCUT2D eigenvalue weighted by Gasteiger charge is -2.22. The van der Waals surface area contributed by atoms with Crippen LogP contribution in [0.5, 0.6) is 0 Å². The number of carboxylic acid groups (broad SMARTS) is 1. The predicted octanol–water partition coefficient (Wildman–Crippen LogP) is 3.95. The van der Waals surface area contributed by atoms with E-state index in [0.29, 0.717) is 22.4 Å². The highest BCUT2D eigenvalue weighted by Gasteiger charge is 2.19. The summed E-state index contributed by atoms with van der Waals surface area (Å²) in [5.41, 5.74) is 1.48. The molecule has 8 heteroatoms. The summed E-state index contributed by atoms with van der Waals surface area (Å²) in [6.45, 7) is 2.33. The molecule has 0 aliphatic carbocycles. The second-order valence-corrected chi connectivity index (χ2v) is 7.04. The molecule has 7 nitrogen and oxygen atoms in total. The first-order chi connectivity index (χ1) is 13.1. The van der Waals surface area contributed by atoms with Crippen molar-refractivity contribution in [1.82, 2.24) is 14.8 Å². The Balaban J connectivity index is 1.72. The molecule has 0 unspecified atom stereocenters. The molecule has 0 saturated carbocycles. The standard InChI is InChI=1S/C19H19ClN4O3/c20-13-1-2-17-15(9-13)18(22-16-10-21-6-3-14(16)19(25)26)23-24(17)11-12-4-7-27-8-5-12/h1-3,6,9-10,12H,4-5,7-8,11H2,(H,22,23)(H,25,26). The Bertz CT molecular complexity index is 982. The molecule has 2 aromatic heterocycles. The number of carbonyl (C=O) groups is 1. The molecule has 0 amide bonds. The van der Waals surface area contributed by atoms with E-state index in [0.717, 1.165) is 43.5 Å². The normalized spacial score (nSPS) is 15.1. The lowest BCUT2D eigenvalue weighted by Crippen LogP contribution is -2.20. The van der Waals surface area contributed by atoms with Crippen LogP contribution in [0.25, 0.3) is 10.9 Å². The minimum Gasteiger partial charge on any atom is -0.478 e. The van der Waals surface area contributed by atoms with Crippen LogP contribution in [0.1, 0.15) is 23.2 Å². The van der Waals surface area contributed by atoms with Gasteiger partial charge in [0.2, 0.25) is 0 Å². The zero-order valence-corrected chi connectivity index (χ0v) is 15.3. The number of anilines is 2. The van der Waals surface area contributed by atoms with Gasteiger partial charge in [0, 0.05) is 36.4 Å². The lowest BCUT2D eigenvalue weighted by molar-refractivity contribution is 0.0606. The van der Waals surface area contributed by atoms with E-state index in [2.05, 4.69) is 10.3 Å². The highest BCUT2D eigenvalue weighted by Crippen LogP contribution is 2.30. The van der Waals surface area contributed by atoms with Crippen LogP contribution >= 0.6 is 11.6 Å². The summed E-state index contributed by atoms with van der Waals surface area (Å²) in [4.78, 5) is 15.5. The molecule has 1 saturated heterocycles. The van der Waals surface area contributed by atoms with E-state index in [-0.39, 0.29) is 5.56 Å². The maximum Gasteiger partial charge on any atom is 0.337 e. The number of hydrogen-bond acceptors (Lipinski definition) is 5. The number of halogens is 1. The van der Waals surface area contributed by atoms with Gasteiger partial charge in [-0.05, 0) is 43.0 Å². The zero-order valence-electron chi connectivity index (χ0n) is 14.6. The van der Waals surface area contributed by atoms with Crippen molar-refractivity contribution in [3.05, 3.63) is 47.2 Å². The first kappa shape index (κ1) is 17.8. The molecule has 140 valence electrons. The quantitative estimate of drug-likeness (QED) is 0.690. The third-order valence-corrected chi connectivity index (χ3v) is 5.02. The molecule has 3 aromatic rings. The average molecular weight is 387 g/mol. The van der Waals surface area contributed by atoms with E-state index < -0.39 is 5.97 Å². The maximum absolute atomic E-state index is 11.5. The van der Waals surface area contributed by atoms with Gasteiger partial charge < -0.3 is 15.2 Å². The van der Waals surface area contributed by atoms with Crippen molar-refractivity contribution in [2.24, 2.45) is 5.92 Å². The SMILES string of the molecule is O=C(O)c1ccncc1Nc1nn(CC2CCOCC2)c2ccc(Cl)cc12. The van der Waals surface area contributed by atoms with Crippen molar-refractivity contribution in [3.63, 3.8) is 0 Å². The Morgan fingerprint density at radius 1 is 1.33 bits per heavy atom. The summed E-state index contributed by atoms with van der Waals surface area (Å²) in [6.07, 6.45) is 4.94. The minimum atomic E-state index is -1.02. The molecule has 0 spiro atoms. The van der Waals surface area contributed by atoms with Gasteiger partial charge in [0.25, 0.3) is 0 Å². The van der Waals surface area contributed by atoms with E-state index in [1.54, 1.807) is 0 Å². The Labute approximate surface area is 160 Å². The molecule has 1 aromatic carbocycles. The Morgan fingerprint density at radius 2 is 2.15 bits per heavy atom. The van der Waals surface area contributed by atoms with Crippen LogP contribution < -0.4 is 5.32 Å². The van der Waals surface area contributed by atoms with Crippen LogP contribution in [0.3, 0.4) is 0 Å². The van der Waals surface area contributed by atoms with Crippen molar-refractivity contribution in [2.75, 3.05) is 18.5 Å². The van der Waals surface area contributed by atoms with Gasteiger partial charge in [0.05, 0.1) is 23.0 Å². The number of nitrogens with zero attached hydrogens (tertiary/aromatic N) is 3. The fraction of sp³-hybridized carbons (Fsp3) is 0.316. The van der Waals surface area contributed by atoms with E-state index >= 15 is 0 Å². The van der Waals surface area contributed by atoms with Crippen LogP contribution in [0.15, 0.2) is 36.7 Å². The number of hydrogen-bond donors (Lipinski definition) is 2. The molecule has 1 aliphatic heterocycles. The summed E-state index contributed by atoms with van der Waals surface area (Å²) in [6, 6.07) is 7.07. The highest BCUT2D eigenvalue weighted by molar-refractivity contribution is 6.31. The molecular weight excluding hydrogens is 368 g/mol. The lowest BCUT2D eigenvalue weighted by atomic mass is 10.0. The molecule has 1 aliphatic rings. The summed E-state index contributed by atoms with van der Waals surface area (Å²) < 4.78 is 7.40. The highest BCUT2D eigenvalue weighted by atomic mass is 35.5. The van der Waals surface area contributed by atoms with Gasteiger partial charge in [-0.15, -0.1) is 0 Å². The van der Waals surface area contributed by atoms with Crippen LogP contribution in [-0.2, 0) is 11.3 Å². The van der Waals surface area contributed by atoms with Crippen molar-refractivity contribution in [1.29, 1.82) is 0 Å². The number of ether oxygens (including phenoxy) is 1. The fourth-order valence-corrected chi connectivity index (χ4v) is 3.54. The second-order valence-electron chi connectivity index (χ2n) is 6.60. The third kappa shape index (κ3) is 3.74. The molecule has 27 heavy (non-hydrogen) atoms. The van der Waals surface area contributed by atoms with Crippen molar-refractivity contribution in [2.45, 2.75) is 19.4 Å². The van der Waals surface area contributed by atoms with E-state index in [1.165, 1.54) is 18.5 Å². The summed E-state index contributed by atoms with van der Waals surface area (Å²) in [7, 11) is 0. The smallest absolute Gasteiger partial charge is 0.337 e. The summed E-state index contributed by atoms with van der Waals surface area (Å²) in [5.74, 6) is 0.0392. The van der Waals surface area contributed by atoms with Gasteiger partial charge in [-0.1, -0.05) is 11.6 Å². The number of carboxylic acids is 1. The Kier molecular flexibility index (Phi) is 4.96. The van der Waals surface area contributed by atoms with Gasteiger partial charge in [-0.2, -0.15) is 5.10 Å². The molecule has 1 fully saturated rings. The number of aromatic carboxylic acids is 1. The Hall–Kier alpha value is -2.64. The number of benzene rings is 1. The second kappa shape index (κ2) is 7.54. The number of fused-ring (bicyclic) bond motifs is 1. The van der Waals surface area contributed by atoms with Gasteiger partial charge in [0.1, 0.15) is 0 Å². The van der Waals surface area contributed by atoms with Crippen LogP contribution in [-0.4, -0.2) is 39.1 Å². The minimum absolute atomic E-state index is 0.138. The first-order valence-corrected chi connectivity index (χ1v) is 9.18. The van der Waals surface area contributed by atoms with E-state index in [1.807, 2.05) is 22.9 Å². The molecule has 2 N–H and O–H groups in total. The molecular formula is C19H19ClN4O3. The van der Waals surface area contributed by atoms with Gasteiger partial charge in [-0.25, -0.2) is 4.79 Å². The summed E-state index contributed by atoms with van der Waals surface area (Å²) >= 11 is 6.19. The molecule has 0 atom stereocenters. The summed E-state index contributed by atoms with van der Waals surface area (Å²) in [5, 5.41) is 18.7. The van der Waals surface area contributed by atoms with Crippen LogP contribution in [0.2, 0.25) is 5.02 Å². The van der Waals surface area contributed by atoms with Crippen LogP contribution in [0.4, 0.5) is 11.5 Å². The number of aromatic nitrogens is 3. The fourth-order valence-electron chi connectivity index (χ4n) is 3.36. The van der Waals surface area contributed by atoms with Crippen molar-refractivity contribution in [3.8, 4) is 0 Å². The number of nitrogens with one attached hydrogen (secondary N) is 1. The van der Waals surface area contributed by atoms with Crippen LogP contribution in [0, 0.1) is 5.92 Å². The van der Waals surface area contributed by atoms with Gasteiger partial charge in [-0.3, -0.25) is 9.67 Å². The van der Waals surface area contributed by atoms with E-state index in [9.17, 15) is 9.90 Å². The first-order valence-electron chi connectivity index (χ1n) is 8.80. The Morgan fingerprint density at radius 3 is 2.93 bits per heavy atom. The number of pyridine rings is 1. The number of rotatable bonds is 5. The van der Waals surface area contributed by atoms with Crippen molar-refractivity contribution < 1.29 is 14.6 Å². The van der Waals surface area contributed by atoms with Crippen molar-refractivity contribution >= 4 is 40.0 Å². The topological polar surface area (TPSA) is 89.3 Å². The zero-order chi connectivity index (χ0) is 18.8. The molecule has 4 rings (SSSR count). The van der Waals surface area contributed by atoms with E-state index in [4.69, 9.17) is 21.4 Å². The van der Waals surface area contributed by atoms with Gasteiger partial charge in [0.15, 0.2) is 5.82 Å². The maximum atomic E-state index is 11.5. The molecule has 0 bridgehead atoms.